The molecule has 4 heteroatoms. The summed E-state index contributed by atoms with van der Waals surface area (Å²) in [6.07, 6.45) is 0.363. The first kappa shape index (κ1) is 14.2. The van der Waals surface area contributed by atoms with Crippen molar-refractivity contribution >= 4 is 5.78 Å². The van der Waals surface area contributed by atoms with Gasteiger partial charge < -0.3 is 4.74 Å². The minimum atomic E-state index is -0.627. The summed E-state index contributed by atoms with van der Waals surface area (Å²) in [6.45, 7) is 1.34. The number of hydrogen-bond acceptors (Lipinski definition) is 2. The van der Waals surface area contributed by atoms with E-state index in [1.54, 1.807) is 24.3 Å². The van der Waals surface area contributed by atoms with Gasteiger partial charge in [0.15, 0.2) is 0 Å². The number of benzene rings is 2. The van der Waals surface area contributed by atoms with E-state index in [0.717, 1.165) is 5.56 Å². The molecule has 0 aliphatic heterocycles. The van der Waals surface area contributed by atoms with Crippen LogP contribution in [0.1, 0.15) is 18.1 Å². The highest BCUT2D eigenvalue weighted by molar-refractivity contribution is 5.78. The van der Waals surface area contributed by atoms with Gasteiger partial charge in [-0.05, 0) is 36.8 Å². The third kappa shape index (κ3) is 3.63. The van der Waals surface area contributed by atoms with Crippen molar-refractivity contribution < 1.29 is 18.3 Å². The van der Waals surface area contributed by atoms with Gasteiger partial charge in [0.1, 0.15) is 29.8 Å². The molecule has 2 aromatic carbocycles. The first-order valence-corrected chi connectivity index (χ1v) is 6.20. The maximum absolute atomic E-state index is 13.4. The molecule has 0 aliphatic carbocycles. The van der Waals surface area contributed by atoms with E-state index in [9.17, 15) is 13.6 Å². The van der Waals surface area contributed by atoms with E-state index >= 15 is 0 Å². The predicted octanol–water partition coefficient (Wildman–Crippen LogP) is 3.68. The number of hydrogen-bond donors (Lipinski definition) is 0. The zero-order chi connectivity index (χ0) is 14.5. The Labute approximate surface area is 116 Å². The summed E-state index contributed by atoms with van der Waals surface area (Å²) >= 11 is 0. The number of ketones is 1. The molecular weight excluding hydrogens is 262 g/mol. The van der Waals surface area contributed by atoms with E-state index in [2.05, 4.69) is 0 Å². The van der Waals surface area contributed by atoms with Crippen molar-refractivity contribution in [2.75, 3.05) is 0 Å². The van der Waals surface area contributed by atoms with Crippen LogP contribution in [0.2, 0.25) is 0 Å². The van der Waals surface area contributed by atoms with Crippen LogP contribution >= 0.6 is 0 Å². The van der Waals surface area contributed by atoms with E-state index < -0.39 is 11.6 Å². The second kappa shape index (κ2) is 6.28. The largest absolute Gasteiger partial charge is 0.489 e. The molecule has 2 nitrogen and oxygen atoms in total. The summed E-state index contributed by atoms with van der Waals surface area (Å²) in [5.41, 5.74) is 0.780. The lowest BCUT2D eigenvalue weighted by Gasteiger charge is -2.08. The Kier molecular flexibility index (Phi) is 4.45. The molecule has 0 fully saturated rings. The Morgan fingerprint density at radius 2 is 1.65 bits per heavy atom. The topological polar surface area (TPSA) is 26.3 Å². The van der Waals surface area contributed by atoms with Gasteiger partial charge in [0.2, 0.25) is 0 Å². The van der Waals surface area contributed by atoms with E-state index in [1.807, 2.05) is 0 Å². The van der Waals surface area contributed by atoms with E-state index in [-0.39, 0.29) is 18.0 Å². The Bertz CT molecular complexity index is 586. The maximum atomic E-state index is 13.4. The average molecular weight is 276 g/mol. The van der Waals surface area contributed by atoms with Crippen molar-refractivity contribution in [3.8, 4) is 5.75 Å². The van der Waals surface area contributed by atoms with Crippen LogP contribution in [0.3, 0.4) is 0 Å². The lowest BCUT2D eigenvalue weighted by molar-refractivity contribution is -0.116. The molecule has 0 bridgehead atoms. The molecule has 0 spiro atoms. The highest BCUT2D eigenvalue weighted by atomic mass is 19.1. The second-order valence-electron chi connectivity index (χ2n) is 4.51. The zero-order valence-corrected chi connectivity index (χ0v) is 11.0. The predicted molar refractivity (Wildman–Crippen MR) is 71.5 cm³/mol. The molecular formula is C16H14F2O2. The summed E-state index contributed by atoms with van der Waals surface area (Å²) in [7, 11) is 0. The molecule has 0 aromatic heterocycles. The molecule has 0 heterocycles. The van der Waals surface area contributed by atoms with Gasteiger partial charge in [-0.15, -0.1) is 0 Å². The maximum Gasteiger partial charge on any atom is 0.134 e. The molecule has 0 unspecified atom stereocenters. The molecule has 2 rings (SSSR count). The van der Waals surface area contributed by atoms with Gasteiger partial charge in [-0.25, -0.2) is 8.78 Å². The van der Waals surface area contributed by atoms with Gasteiger partial charge in [-0.3, -0.25) is 4.79 Å². The van der Waals surface area contributed by atoms with Crippen LogP contribution in [0.25, 0.3) is 0 Å². The van der Waals surface area contributed by atoms with Crippen LogP contribution in [0, 0.1) is 11.6 Å². The van der Waals surface area contributed by atoms with Gasteiger partial charge in [0.25, 0.3) is 0 Å². The molecule has 0 amide bonds. The first-order chi connectivity index (χ1) is 9.56. The fourth-order valence-electron chi connectivity index (χ4n) is 1.82. The van der Waals surface area contributed by atoms with Gasteiger partial charge in [0, 0.05) is 6.42 Å². The molecule has 2 aromatic rings. The van der Waals surface area contributed by atoms with Crippen LogP contribution in [0.5, 0.6) is 5.75 Å². The quantitative estimate of drug-likeness (QED) is 0.832. The average Bonchev–Trinajstić information content (AvgIpc) is 2.39. The van der Waals surface area contributed by atoms with E-state index in [4.69, 9.17) is 4.74 Å². The second-order valence-corrected chi connectivity index (χ2v) is 4.51. The minimum Gasteiger partial charge on any atom is -0.489 e. The van der Waals surface area contributed by atoms with Crippen molar-refractivity contribution in [2.45, 2.75) is 20.0 Å². The SMILES string of the molecule is CC(=O)Cc1ccc(OCc2c(F)cccc2F)cc1. The number of carbonyl (C=O) groups excluding carboxylic acids is 1. The summed E-state index contributed by atoms with van der Waals surface area (Å²) in [6, 6.07) is 10.6. The molecule has 0 aliphatic rings. The van der Waals surface area contributed by atoms with Gasteiger partial charge in [0.05, 0.1) is 5.56 Å². The van der Waals surface area contributed by atoms with Crippen LogP contribution in [0.4, 0.5) is 8.78 Å². The summed E-state index contributed by atoms with van der Waals surface area (Å²) in [4.78, 5) is 11.0. The third-order valence-corrected chi connectivity index (χ3v) is 2.82. The van der Waals surface area contributed by atoms with Crippen LogP contribution in [-0.2, 0) is 17.8 Å². The Hall–Kier alpha value is -2.23. The Balaban J connectivity index is 2.02. The lowest BCUT2D eigenvalue weighted by Crippen LogP contribution is -2.02. The molecule has 20 heavy (non-hydrogen) atoms. The Morgan fingerprint density at radius 1 is 1.05 bits per heavy atom. The number of carbonyl (C=O) groups is 1. The van der Waals surface area contributed by atoms with Crippen LogP contribution in [-0.4, -0.2) is 5.78 Å². The highest BCUT2D eigenvalue weighted by Crippen LogP contribution is 2.17. The van der Waals surface area contributed by atoms with Crippen molar-refractivity contribution in [3.05, 3.63) is 65.2 Å². The number of rotatable bonds is 5. The number of halogens is 2. The lowest BCUT2D eigenvalue weighted by atomic mass is 10.1. The standard InChI is InChI=1S/C16H14F2O2/c1-11(19)9-12-5-7-13(8-6-12)20-10-14-15(17)3-2-4-16(14)18/h2-8H,9-10H2,1H3. The van der Waals surface area contributed by atoms with E-state index in [1.165, 1.54) is 25.1 Å². The fourth-order valence-corrected chi connectivity index (χ4v) is 1.82. The highest BCUT2D eigenvalue weighted by Gasteiger charge is 2.09. The molecule has 0 atom stereocenters. The van der Waals surface area contributed by atoms with Gasteiger partial charge in [-0.2, -0.15) is 0 Å². The number of Topliss-reactive ketones (excluding diaryl/α,β-unsaturated/α-hetero) is 1. The molecule has 0 saturated carbocycles. The fraction of sp³-hybridized carbons (Fsp3) is 0.188. The van der Waals surface area contributed by atoms with Crippen molar-refractivity contribution in [2.24, 2.45) is 0 Å². The molecule has 0 saturated heterocycles. The van der Waals surface area contributed by atoms with Crippen molar-refractivity contribution in [3.63, 3.8) is 0 Å². The summed E-state index contributed by atoms with van der Waals surface area (Å²) in [5, 5.41) is 0. The smallest absolute Gasteiger partial charge is 0.134 e. The van der Waals surface area contributed by atoms with Gasteiger partial charge in [-0.1, -0.05) is 18.2 Å². The Morgan fingerprint density at radius 3 is 2.20 bits per heavy atom. The van der Waals surface area contributed by atoms with Crippen LogP contribution in [0.15, 0.2) is 42.5 Å². The normalized spacial score (nSPS) is 10.3. The van der Waals surface area contributed by atoms with Crippen molar-refractivity contribution in [1.82, 2.24) is 0 Å². The van der Waals surface area contributed by atoms with Crippen LogP contribution < -0.4 is 4.74 Å². The minimum absolute atomic E-state index is 0.0760. The number of ether oxygens (including phenoxy) is 1. The van der Waals surface area contributed by atoms with Gasteiger partial charge >= 0.3 is 0 Å². The summed E-state index contributed by atoms with van der Waals surface area (Å²) < 4.78 is 32.2. The van der Waals surface area contributed by atoms with E-state index in [0.29, 0.717) is 12.2 Å². The molecule has 104 valence electrons. The van der Waals surface area contributed by atoms with Crippen molar-refractivity contribution in [1.29, 1.82) is 0 Å². The summed E-state index contributed by atoms with van der Waals surface area (Å²) in [5.74, 6) is -0.677. The first-order valence-electron chi connectivity index (χ1n) is 6.20. The molecule has 0 radical (unpaired) electrons. The zero-order valence-electron chi connectivity index (χ0n) is 11.0. The molecule has 0 N–H and O–H groups in total. The third-order valence-electron chi connectivity index (χ3n) is 2.82. The monoisotopic (exact) mass is 276 g/mol.